The van der Waals surface area contributed by atoms with Crippen LogP contribution >= 0.6 is 0 Å². The Morgan fingerprint density at radius 1 is 1.30 bits per heavy atom. The summed E-state index contributed by atoms with van der Waals surface area (Å²) in [6, 6.07) is 11.8. The third kappa shape index (κ3) is 3.63. The normalized spacial score (nSPS) is 21.1. The van der Waals surface area contributed by atoms with Gasteiger partial charge in [-0.25, -0.2) is 0 Å². The fourth-order valence-electron chi connectivity index (χ4n) is 2.84. The van der Waals surface area contributed by atoms with E-state index in [2.05, 4.69) is 16.7 Å². The molecule has 2 aromatic rings. The number of carbonyl (C=O) groups excluding carboxylic acids is 1. The Hall–Kier alpha value is -2.11. The molecule has 5 nitrogen and oxygen atoms in total. The molecule has 0 radical (unpaired) electrons. The van der Waals surface area contributed by atoms with Crippen molar-refractivity contribution in [3.63, 3.8) is 0 Å². The highest BCUT2D eigenvalue weighted by Gasteiger charge is 2.27. The molecule has 1 aliphatic rings. The largest absolute Gasteiger partial charge is 0.497 e. The van der Waals surface area contributed by atoms with Gasteiger partial charge >= 0.3 is 0 Å². The second-order valence-corrected chi connectivity index (χ2v) is 5.77. The van der Waals surface area contributed by atoms with E-state index in [0.717, 1.165) is 22.1 Å². The van der Waals surface area contributed by atoms with Crippen molar-refractivity contribution in [2.45, 2.75) is 25.6 Å². The van der Waals surface area contributed by atoms with Gasteiger partial charge in [-0.05, 0) is 41.5 Å². The molecule has 1 saturated heterocycles. The molecule has 0 spiro atoms. The molecule has 2 aromatic carbocycles. The van der Waals surface area contributed by atoms with Crippen molar-refractivity contribution in [2.24, 2.45) is 0 Å². The Kier molecular flexibility index (Phi) is 4.79. The van der Waals surface area contributed by atoms with Crippen LogP contribution in [0.5, 0.6) is 5.75 Å². The van der Waals surface area contributed by atoms with Gasteiger partial charge in [0.05, 0.1) is 19.8 Å². The van der Waals surface area contributed by atoms with Gasteiger partial charge in [0.25, 0.3) is 0 Å². The zero-order chi connectivity index (χ0) is 16.2. The first-order chi connectivity index (χ1) is 11.2. The molecule has 1 aliphatic heterocycles. The minimum Gasteiger partial charge on any atom is -0.497 e. The van der Waals surface area contributed by atoms with E-state index in [1.807, 2.05) is 37.3 Å². The van der Waals surface area contributed by atoms with Crippen molar-refractivity contribution < 1.29 is 14.3 Å². The van der Waals surface area contributed by atoms with E-state index < -0.39 is 0 Å². The van der Waals surface area contributed by atoms with E-state index in [-0.39, 0.29) is 18.1 Å². The van der Waals surface area contributed by atoms with Crippen LogP contribution in [0.4, 0.5) is 0 Å². The molecular formula is C18H22N2O3. The summed E-state index contributed by atoms with van der Waals surface area (Å²) < 4.78 is 10.7. The monoisotopic (exact) mass is 314 g/mol. The van der Waals surface area contributed by atoms with Crippen LogP contribution < -0.4 is 15.4 Å². The Labute approximate surface area is 136 Å². The predicted molar refractivity (Wildman–Crippen MR) is 89.6 cm³/mol. The SMILES string of the molecule is COc1ccc2cc(CNC(=O)[C@H]3NCCO[C@@H]3C)ccc2c1. The molecule has 1 amide bonds. The number of hydrogen-bond donors (Lipinski definition) is 2. The Bertz CT molecular complexity index is 702. The van der Waals surface area contributed by atoms with Gasteiger partial charge in [-0.15, -0.1) is 0 Å². The Balaban J connectivity index is 1.66. The quantitative estimate of drug-likeness (QED) is 0.904. The van der Waals surface area contributed by atoms with Gasteiger partial charge < -0.3 is 20.1 Å². The van der Waals surface area contributed by atoms with Crippen LogP contribution in [0.25, 0.3) is 10.8 Å². The summed E-state index contributed by atoms with van der Waals surface area (Å²) in [5.74, 6) is 0.822. The topological polar surface area (TPSA) is 59.6 Å². The number of carbonyl (C=O) groups is 1. The molecular weight excluding hydrogens is 292 g/mol. The van der Waals surface area contributed by atoms with Gasteiger partial charge in [-0.2, -0.15) is 0 Å². The van der Waals surface area contributed by atoms with Crippen molar-refractivity contribution in [1.29, 1.82) is 0 Å². The number of amides is 1. The molecule has 0 unspecified atom stereocenters. The lowest BCUT2D eigenvalue weighted by Gasteiger charge is -2.29. The highest BCUT2D eigenvalue weighted by Crippen LogP contribution is 2.21. The summed E-state index contributed by atoms with van der Waals surface area (Å²) in [7, 11) is 1.66. The summed E-state index contributed by atoms with van der Waals surface area (Å²) in [6.07, 6.45) is -0.104. The van der Waals surface area contributed by atoms with Crippen LogP contribution in [0.15, 0.2) is 36.4 Å². The maximum absolute atomic E-state index is 12.3. The molecule has 0 saturated carbocycles. The van der Waals surface area contributed by atoms with Gasteiger partial charge in [-0.3, -0.25) is 4.79 Å². The highest BCUT2D eigenvalue weighted by atomic mass is 16.5. The minimum atomic E-state index is -0.284. The van der Waals surface area contributed by atoms with E-state index in [4.69, 9.17) is 9.47 Å². The lowest BCUT2D eigenvalue weighted by Crippen LogP contribution is -2.55. The average Bonchev–Trinajstić information content (AvgIpc) is 2.59. The molecule has 5 heteroatoms. The third-order valence-electron chi connectivity index (χ3n) is 4.18. The predicted octanol–water partition coefficient (Wildman–Crippen LogP) is 1.84. The number of methoxy groups -OCH3 is 1. The standard InChI is InChI=1S/C18H22N2O3/c1-12-17(19-7-8-23-12)18(21)20-11-13-3-4-15-10-16(22-2)6-5-14(15)9-13/h3-6,9-10,12,17,19H,7-8,11H2,1-2H3,(H,20,21)/t12-,17+/m1/s1. The molecule has 23 heavy (non-hydrogen) atoms. The van der Waals surface area contributed by atoms with Crippen LogP contribution in [-0.2, 0) is 16.1 Å². The molecule has 2 atom stereocenters. The number of nitrogens with one attached hydrogen (secondary N) is 2. The maximum Gasteiger partial charge on any atom is 0.240 e. The number of benzene rings is 2. The van der Waals surface area contributed by atoms with E-state index in [9.17, 15) is 4.79 Å². The smallest absolute Gasteiger partial charge is 0.240 e. The number of hydrogen-bond acceptors (Lipinski definition) is 4. The second kappa shape index (κ2) is 6.98. The van der Waals surface area contributed by atoms with Crippen LogP contribution in [0.3, 0.4) is 0 Å². The first-order valence-electron chi connectivity index (χ1n) is 7.87. The van der Waals surface area contributed by atoms with Gasteiger partial charge in [0.1, 0.15) is 11.8 Å². The van der Waals surface area contributed by atoms with Crippen LogP contribution in [-0.4, -0.2) is 38.3 Å². The number of morpholine rings is 1. The zero-order valence-corrected chi connectivity index (χ0v) is 13.5. The average molecular weight is 314 g/mol. The zero-order valence-electron chi connectivity index (χ0n) is 13.5. The van der Waals surface area contributed by atoms with E-state index in [1.165, 1.54) is 0 Å². The van der Waals surface area contributed by atoms with E-state index in [1.54, 1.807) is 7.11 Å². The lowest BCUT2D eigenvalue weighted by molar-refractivity contribution is -0.129. The minimum absolute atomic E-state index is 0.0213. The van der Waals surface area contributed by atoms with Crippen LogP contribution in [0.2, 0.25) is 0 Å². The molecule has 0 aliphatic carbocycles. The van der Waals surface area contributed by atoms with Crippen molar-refractivity contribution >= 4 is 16.7 Å². The van der Waals surface area contributed by atoms with Crippen LogP contribution in [0, 0.1) is 0 Å². The summed E-state index contributed by atoms with van der Waals surface area (Å²) >= 11 is 0. The maximum atomic E-state index is 12.3. The molecule has 0 aromatic heterocycles. The summed E-state index contributed by atoms with van der Waals surface area (Å²) in [5.41, 5.74) is 1.07. The van der Waals surface area contributed by atoms with Gasteiger partial charge in [-0.1, -0.05) is 18.2 Å². The highest BCUT2D eigenvalue weighted by molar-refractivity contribution is 5.85. The second-order valence-electron chi connectivity index (χ2n) is 5.77. The van der Waals surface area contributed by atoms with Crippen molar-refractivity contribution in [3.8, 4) is 5.75 Å². The number of fused-ring (bicyclic) bond motifs is 1. The van der Waals surface area contributed by atoms with Crippen molar-refractivity contribution in [3.05, 3.63) is 42.0 Å². The van der Waals surface area contributed by atoms with Crippen LogP contribution in [0.1, 0.15) is 12.5 Å². The number of rotatable bonds is 4. The van der Waals surface area contributed by atoms with Gasteiger partial charge in [0.15, 0.2) is 0 Å². The molecule has 2 N–H and O–H groups in total. The van der Waals surface area contributed by atoms with Gasteiger partial charge in [0.2, 0.25) is 5.91 Å². The van der Waals surface area contributed by atoms with Crippen molar-refractivity contribution in [2.75, 3.05) is 20.3 Å². The van der Waals surface area contributed by atoms with Gasteiger partial charge in [0, 0.05) is 13.1 Å². The fraction of sp³-hybridized carbons (Fsp3) is 0.389. The fourth-order valence-corrected chi connectivity index (χ4v) is 2.84. The first kappa shape index (κ1) is 15.8. The Morgan fingerprint density at radius 3 is 2.87 bits per heavy atom. The molecule has 0 bridgehead atoms. The summed E-state index contributed by atoms with van der Waals surface area (Å²) in [4.78, 5) is 12.3. The molecule has 1 heterocycles. The molecule has 3 rings (SSSR count). The summed E-state index contributed by atoms with van der Waals surface area (Å²) in [5, 5.41) is 8.43. The van der Waals surface area contributed by atoms with E-state index in [0.29, 0.717) is 19.7 Å². The third-order valence-corrected chi connectivity index (χ3v) is 4.18. The summed E-state index contributed by atoms with van der Waals surface area (Å²) in [6.45, 7) is 3.78. The Morgan fingerprint density at radius 2 is 2.09 bits per heavy atom. The number of ether oxygens (including phenoxy) is 2. The molecule has 1 fully saturated rings. The first-order valence-corrected chi connectivity index (χ1v) is 7.87. The van der Waals surface area contributed by atoms with E-state index >= 15 is 0 Å². The van der Waals surface area contributed by atoms with Crippen molar-refractivity contribution in [1.82, 2.24) is 10.6 Å². The lowest BCUT2D eigenvalue weighted by atomic mass is 10.1. The molecule has 122 valence electrons.